The zero-order valence-electron chi connectivity index (χ0n) is 12.6. The van der Waals surface area contributed by atoms with Crippen LogP contribution < -0.4 is 0 Å². The first-order valence-electron chi connectivity index (χ1n) is 8.13. The van der Waals surface area contributed by atoms with E-state index in [1.807, 2.05) is 12.1 Å². The number of benzene rings is 1. The molecule has 2 saturated heterocycles. The molecule has 3 nitrogen and oxygen atoms in total. The first kappa shape index (κ1) is 15.3. The van der Waals surface area contributed by atoms with Crippen molar-refractivity contribution in [3.05, 3.63) is 28.2 Å². The van der Waals surface area contributed by atoms with E-state index in [0.717, 1.165) is 16.9 Å². The second-order valence-electron chi connectivity index (χ2n) is 6.51. The summed E-state index contributed by atoms with van der Waals surface area (Å²) in [5.41, 5.74) is 1.28. The van der Waals surface area contributed by atoms with Crippen LogP contribution in [0.5, 0.6) is 5.75 Å². The van der Waals surface area contributed by atoms with Crippen LogP contribution in [0.15, 0.2) is 22.7 Å². The third kappa shape index (κ3) is 4.21. The molecule has 1 N–H and O–H groups in total. The fraction of sp³-hybridized carbons (Fsp3) is 0.647. The van der Waals surface area contributed by atoms with Gasteiger partial charge in [0.25, 0.3) is 0 Å². The van der Waals surface area contributed by atoms with Crippen molar-refractivity contribution in [2.75, 3.05) is 32.7 Å². The van der Waals surface area contributed by atoms with E-state index < -0.39 is 0 Å². The average Bonchev–Trinajstić information content (AvgIpc) is 2.98. The Morgan fingerprint density at radius 2 is 1.76 bits per heavy atom. The Labute approximate surface area is 136 Å². The molecule has 2 heterocycles. The zero-order chi connectivity index (χ0) is 14.7. The van der Waals surface area contributed by atoms with Crippen LogP contribution in [-0.4, -0.2) is 47.6 Å². The van der Waals surface area contributed by atoms with E-state index in [1.54, 1.807) is 6.07 Å². The van der Waals surface area contributed by atoms with E-state index in [1.165, 1.54) is 64.0 Å². The van der Waals surface area contributed by atoms with Crippen LogP contribution in [0.3, 0.4) is 0 Å². The minimum absolute atomic E-state index is 0.322. The van der Waals surface area contributed by atoms with Crippen LogP contribution in [0.1, 0.15) is 31.2 Å². The molecule has 2 aliphatic rings. The minimum Gasteiger partial charge on any atom is -0.507 e. The Morgan fingerprint density at radius 3 is 2.43 bits per heavy atom. The summed E-state index contributed by atoms with van der Waals surface area (Å²) in [6.07, 6.45) is 5.45. The smallest absolute Gasteiger partial charge is 0.129 e. The van der Waals surface area contributed by atoms with Crippen LogP contribution in [-0.2, 0) is 6.54 Å². The molecule has 2 aliphatic heterocycles. The maximum Gasteiger partial charge on any atom is 0.129 e. The summed E-state index contributed by atoms with van der Waals surface area (Å²) in [6.45, 7) is 7.37. The normalized spacial score (nSPS) is 22.0. The Hall–Kier alpha value is -0.580. The molecule has 0 aromatic heterocycles. The third-order valence-corrected chi connectivity index (χ3v) is 5.48. The van der Waals surface area contributed by atoms with Crippen LogP contribution in [0, 0.1) is 5.92 Å². The van der Waals surface area contributed by atoms with Gasteiger partial charge in [-0.1, -0.05) is 6.07 Å². The standard InChI is InChI=1S/C17H25BrN2O/c18-16-11-15(3-4-17(16)21)13-20-9-5-14(6-10-20)12-19-7-1-2-8-19/h3-4,11,14,21H,1-2,5-10,12-13H2. The molecular formula is C17H25BrN2O. The molecule has 0 unspecified atom stereocenters. The van der Waals surface area contributed by atoms with Crippen molar-refractivity contribution in [3.8, 4) is 5.75 Å². The molecule has 0 amide bonds. The molecule has 0 bridgehead atoms. The van der Waals surface area contributed by atoms with Gasteiger partial charge in [0, 0.05) is 13.1 Å². The number of hydrogen-bond donors (Lipinski definition) is 1. The van der Waals surface area contributed by atoms with Gasteiger partial charge in [0.1, 0.15) is 5.75 Å². The predicted octanol–water partition coefficient (Wildman–Crippen LogP) is 3.46. The summed E-state index contributed by atoms with van der Waals surface area (Å²) in [5.74, 6) is 1.22. The van der Waals surface area contributed by atoms with E-state index in [-0.39, 0.29) is 0 Å². The first-order chi connectivity index (χ1) is 10.2. The van der Waals surface area contributed by atoms with Gasteiger partial charge in [0.2, 0.25) is 0 Å². The number of phenolic OH excluding ortho intramolecular Hbond substituents is 1. The minimum atomic E-state index is 0.322. The Kier molecular flexibility index (Phi) is 5.19. The number of phenols is 1. The van der Waals surface area contributed by atoms with Gasteiger partial charge in [0.15, 0.2) is 0 Å². The largest absolute Gasteiger partial charge is 0.507 e. The fourth-order valence-corrected chi connectivity index (χ4v) is 3.99. The van der Waals surface area contributed by atoms with Crippen molar-refractivity contribution < 1.29 is 5.11 Å². The Bertz CT molecular complexity index is 466. The summed E-state index contributed by atoms with van der Waals surface area (Å²) < 4.78 is 0.795. The van der Waals surface area contributed by atoms with E-state index in [2.05, 4.69) is 25.7 Å². The fourth-order valence-electron chi connectivity index (χ4n) is 3.56. The second kappa shape index (κ2) is 7.12. The number of hydrogen-bond acceptors (Lipinski definition) is 3. The molecule has 2 fully saturated rings. The number of nitrogens with zero attached hydrogens (tertiary/aromatic N) is 2. The average molecular weight is 353 g/mol. The lowest BCUT2D eigenvalue weighted by Gasteiger charge is -2.33. The van der Waals surface area contributed by atoms with E-state index in [0.29, 0.717) is 5.75 Å². The third-order valence-electron chi connectivity index (χ3n) is 4.84. The SMILES string of the molecule is Oc1ccc(CN2CCC(CN3CCCC3)CC2)cc1Br. The van der Waals surface area contributed by atoms with Crippen LogP contribution in [0.2, 0.25) is 0 Å². The lowest BCUT2D eigenvalue weighted by Crippen LogP contribution is -2.37. The molecule has 0 atom stereocenters. The van der Waals surface area contributed by atoms with Crippen molar-refractivity contribution in [1.29, 1.82) is 0 Å². The van der Waals surface area contributed by atoms with E-state index in [9.17, 15) is 5.11 Å². The Balaban J connectivity index is 1.45. The maximum absolute atomic E-state index is 9.55. The van der Waals surface area contributed by atoms with Gasteiger partial charge in [-0.05, 0) is 91.4 Å². The Morgan fingerprint density at radius 1 is 1.05 bits per heavy atom. The van der Waals surface area contributed by atoms with Gasteiger partial charge in [-0.3, -0.25) is 4.90 Å². The number of piperidine rings is 1. The molecule has 4 heteroatoms. The molecule has 0 aliphatic carbocycles. The molecule has 0 spiro atoms. The predicted molar refractivity (Wildman–Crippen MR) is 89.5 cm³/mol. The monoisotopic (exact) mass is 352 g/mol. The van der Waals surface area contributed by atoms with Crippen LogP contribution >= 0.6 is 15.9 Å². The summed E-state index contributed by atoms with van der Waals surface area (Å²) >= 11 is 3.40. The summed E-state index contributed by atoms with van der Waals surface area (Å²) in [5, 5.41) is 9.55. The highest BCUT2D eigenvalue weighted by molar-refractivity contribution is 9.10. The van der Waals surface area contributed by atoms with Crippen molar-refractivity contribution in [3.63, 3.8) is 0 Å². The molecule has 0 saturated carbocycles. The van der Waals surface area contributed by atoms with Crippen molar-refractivity contribution in [2.24, 2.45) is 5.92 Å². The number of halogens is 1. The van der Waals surface area contributed by atoms with Crippen molar-refractivity contribution >= 4 is 15.9 Å². The van der Waals surface area contributed by atoms with Gasteiger partial charge in [-0.25, -0.2) is 0 Å². The zero-order valence-corrected chi connectivity index (χ0v) is 14.2. The molecule has 0 radical (unpaired) electrons. The highest BCUT2D eigenvalue weighted by Gasteiger charge is 2.22. The number of likely N-dealkylation sites (tertiary alicyclic amines) is 2. The summed E-state index contributed by atoms with van der Waals surface area (Å²) in [7, 11) is 0. The van der Waals surface area contributed by atoms with Gasteiger partial charge in [0.05, 0.1) is 4.47 Å². The van der Waals surface area contributed by atoms with E-state index in [4.69, 9.17) is 0 Å². The summed E-state index contributed by atoms with van der Waals surface area (Å²) in [6, 6.07) is 5.83. The van der Waals surface area contributed by atoms with Gasteiger partial charge in [-0.2, -0.15) is 0 Å². The van der Waals surface area contributed by atoms with Gasteiger partial charge in [-0.15, -0.1) is 0 Å². The van der Waals surface area contributed by atoms with Crippen molar-refractivity contribution in [2.45, 2.75) is 32.2 Å². The van der Waals surface area contributed by atoms with Crippen LogP contribution in [0.4, 0.5) is 0 Å². The maximum atomic E-state index is 9.55. The highest BCUT2D eigenvalue weighted by Crippen LogP contribution is 2.26. The molecule has 1 aromatic rings. The first-order valence-corrected chi connectivity index (χ1v) is 8.92. The second-order valence-corrected chi connectivity index (χ2v) is 7.37. The molecule has 21 heavy (non-hydrogen) atoms. The van der Waals surface area contributed by atoms with Crippen LogP contribution in [0.25, 0.3) is 0 Å². The summed E-state index contributed by atoms with van der Waals surface area (Å²) in [4.78, 5) is 5.19. The van der Waals surface area contributed by atoms with E-state index >= 15 is 0 Å². The van der Waals surface area contributed by atoms with Gasteiger partial charge < -0.3 is 10.0 Å². The lowest BCUT2D eigenvalue weighted by molar-refractivity contribution is 0.149. The molecular weight excluding hydrogens is 328 g/mol. The highest BCUT2D eigenvalue weighted by atomic mass is 79.9. The molecule has 3 rings (SSSR count). The molecule has 1 aromatic carbocycles. The lowest BCUT2D eigenvalue weighted by atomic mass is 9.96. The number of aromatic hydroxyl groups is 1. The number of rotatable bonds is 4. The van der Waals surface area contributed by atoms with Gasteiger partial charge >= 0.3 is 0 Å². The quantitative estimate of drug-likeness (QED) is 0.898. The van der Waals surface area contributed by atoms with Crippen molar-refractivity contribution in [1.82, 2.24) is 9.80 Å². The topological polar surface area (TPSA) is 26.7 Å². The molecule has 116 valence electrons.